The van der Waals surface area contributed by atoms with Crippen LogP contribution in [-0.4, -0.2) is 26.2 Å². The van der Waals surface area contributed by atoms with Gasteiger partial charge in [0.2, 0.25) is 0 Å². The molecule has 1 fully saturated rings. The molecule has 2 aromatic rings. The first-order chi connectivity index (χ1) is 9.29. The predicted molar refractivity (Wildman–Crippen MR) is 79.7 cm³/mol. The van der Waals surface area contributed by atoms with Gasteiger partial charge in [-0.3, -0.25) is 0 Å². The van der Waals surface area contributed by atoms with E-state index in [0.29, 0.717) is 12.1 Å². The Kier molecular flexibility index (Phi) is 3.47. The average molecular weight is 258 g/mol. The van der Waals surface area contributed by atoms with Gasteiger partial charge in [-0.2, -0.15) is 0 Å². The summed E-state index contributed by atoms with van der Waals surface area (Å²) < 4.78 is 5.65. The molecule has 0 bridgehead atoms. The van der Waals surface area contributed by atoms with E-state index in [-0.39, 0.29) is 0 Å². The van der Waals surface area contributed by atoms with Crippen LogP contribution in [0.2, 0.25) is 0 Å². The SMILES string of the molecule is CNC1CCC(N(C)c2coc3ccccc23)CC1. The van der Waals surface area contributed by atoms with Gasteiger partial charge < -0.3 is 14.6 Å². The van der Waals surface area contributed by atoms with E-state index in [1.165, 1.54) is 36.8 Å². The minimum Gasteiger partial charge on any atom is -0.462 e. The molecule has 0 aliphatic heterocycles. The topological polar surface area (TPSA) is 28.4 Å². The van der Waals surface area contributed by atoms with Gasteiger partial charge in [-0.05, 0) is 44.9 Å². The number of anilines is 1. The van der Waals surface area contributed by atoms with Crippen LogP contribution < -0.4 is 10.2 Å². The van der Waals surface area contributed by atoms with Crippen LogP contribution >= 0.6 is 0 Å². The van der Waals surface area contributed by atoms with Crippen molar-refractivity contribution in [3.8, 4) is 0 Å². The van der Waals surface area contributed by atoms with E-state index in [1.54, 1.807) is 0 Å². The number of nitrogens with zero attached hydrogens (tertiary/aromatic N) is 1. The Morgan fingerprint density at radius 2 is 1.89 bits per heavy atom. The Bertz CT molecular complexity index is 540. The minimum absolute atomic E-state index is 0.630. The normalized spacial score (nSPS) is 23.7. The Labute approximate surface area is 114 Å². The molecule has 1 aliphatic rings. The molecule has 1 heterocycles. The number of nitrogens with one attached hydrogen (secondary N) is 1. The van der Waals surface area contributed by atoms with Crippen LogP contribution in [-0.2, 0) is 0 Å². The van der Waals surface area contributed by atoms with Gasteiger partial charge in [0, 0.05) is 24.5 Å². The molecule has 1 aromatic heterocycles. The highest BCUT2D eigenvalue weighted by atomic mass is 16.3. The van der Waals surface area contributed by atoms with E-state index in [4.69, 9.17) is 4.42 Å². The van der Waals surface area contributed by atoms with Crippen LogP contribution in [0.3, 0.4) is 0 Å². The highest BCUT2D eigenvalue weighted by Gasteiger charge is 2.24. The molecular formula is C16H22N2O. The lowest BCUT2D eigenvalue weighted by atomic mass is 9.90. The van der Waals surface area contributed by atoms with Crippen LogP contribution in [0.1, 0.15) is 25.7 Å². The van der Waals surface area contributed by atoms with Crippen LogP contribution in [0.5, 0.6) is 0 Å². The minimum atomic E-state index is 0.630. The average Bonchev–Trinajstić information content (AvgIpc) is 2.90. The lowest BCUT2D eigenvalue weighted by molar-refractivity contribution is 0.351. The molecule has 1 aromatic carbocycles. The smallest absolute Gasteiger partial charge is 0.136 e. The van der Waals surface area contributed by atoms with Crippen molar-refractivity contribution >= 4 is 16.7 Å². The van der Waals surface area contributed by atoms with Crippen molar-refractivity contribution in [3.63, 3.8) is 0 Å². The first-order valence-corrected chi connectivity index (χ1v) is 7.16. The molecule has 0 spiro atoms. The van der Waals surface area contributed by atoms with E-state index < -0.39 is 0 Å². The second-order valence-electron chi connectivity index (χ2n) is 5.52. The number of benzene rings is 1. The molecule has 19 heavy (non-hydrogen) atoms. The maximum atomic E-state index is 5.65. The van der Waals surface area contributed by atoms with Crippen molar-refractivity contribution in [2.75, 3.05) is 19.0 Å². The predicted octanol–water partition coefficient (Wildman–Crippen LogP) is 3.40. The van der Waals surface area contributed by atoms with Crippen LogP contribution in [0.15, 0.2) is 34.9 Å². The number of fused-ring (bicyclic) bond motifs is 1. The number of furan rings is 1. The Morgan fingerprint density at radius 3 is 2.63 bits per heavy atom. The third-order valence-electron chi connectivity index (χ3n) is 4.49. The fourth-order valence-electron chi connectivity index (χ4n) is 3.19. The van der Waals surface area contributed by atoms with E-state index in [1.807, 2.05) is 18.4 Å². The summed E-state index contributed by atoms with van der Waals surface area (Å²) in [5.74, 6) is 0. The largest absolute Gasteiger partial charge is 0.462 e. The molecule has 3 heteroatoms. The van der Waals surface area contributed by atoms with Crippen molar-refractivity contribution in [3.05, 3.63) is 30.5 Å². The molecule has 1 aliphatic carbocycles. The van der Waals surface area contributed by atoms with Crippen molar-refractivity contribution in [2.45, 2.75) is 37.8 Å². The van der Waals surface area contributed by atoms with Crippen molar-refractivity contribution in [2.24, 2.45) is 0 Å². The Balaban J connectivity index is 1.79. The van der Waals surface area contributed by atoms with E-state index in [9.17, 15) is 0 Å². The molecule has 1 saturated carbocycles. The monoisotopic (exact) mass is 258 g/mol. The van der Waals surface area contributed by atoms with Gasteiger partial charge in [-0.25, -0.2) is 0 Å². The van der Waals surface area contributed by atoms with Gasteiger partial charge in [0.1, 0.15) is 11.8 Å². The number of hydrogen-bond acceptors (Lipinski definition) is 3. The number of rotatable bonds is 3. The van der Waals surface area contributed by atoms with Gasteiger partial charge in [-0.1, -0.05) is 12.1 Å². The molecule has 3 nitrogen and oxygen atoms in total. The molecular weight excluding hydrogens is 236 g/mol. The summed E-state index contributed by atoms with van der Waals surface area (Å²) >= 11 is 0. The molecule has 1 N–H and O–H groups in total. The van der Waals surface area contributed by atoms with Crippen molar-refractivity contribution in [1.29, 1.82) is 0 Å². The van der Waals surface area contributed by atoms with Gasteiger partial charge >= 0.3 is 0 Å². The van der Waals surface area contributed by atoms with Crippen LogP contribution in [0, 0.1) is 0 Å². The fourth-order valence-corrected chi connectivity index (χ4v) is 3.19. The van der Waals surface area contributed by atoms with E-state index >= 15 is 0 Å². The fraction of sp³-hybridized carbons (Fsp3) is 0.500. The van der Waals surface area contributed by atoms with Crippen molar-refractivity contribution in [1.82, 2.24) is 5.32 Å². The lowest BCUT2D eigenvalue weighted by Gasteiger charge is -2.35. The van der Waals surface area contributed by atoms with Gasteiger partial charge in [0.05, 0.1) is 5.69 Å². The van der Waals surface area contributed by atoms with Gasteiger partial charge in [0.15, 0.2) is 0 Å². The van der Waals surface area contributed by atoms with Crippen LogP contribution in [0.25, 0.3) is 11.0 Å². The molecule has 102 valence electrons. The summed E-state index contributed by atoms with van der Waals surface area (Å²) in [7, 11) is 4.26. The summed E-state index contributed by atoms with van der Waals surface area (Å²) in [5.41, 5.74) is 2.21. The standard InChI is InChI=1S/C16H22N2O/c1-17-12-7-9-13(10-8-12)18(2)15-11-19-16-6-4-3-5-14(15)16/h3-6,11-13,17H,7-10H2,1-2H3. The first kappa shape index (κ1) is 12.5. The quantitative estimate of drug-likeness (QED) is 0.914. The molecule has 0 unspecified atom stereocenters. The molecule has 0 saturated heterocycles. The van der Waals surface area contributed by atoms with E-state index in [0.717, 1.165) is 5.58 Å². The molecule has 3 rings (SSSR count). The second kappa shape index (κ2) is 5.25. The van der Waals surface area contributed by atoms with E-state index in [2.05, 4.69) is 36.4 Å². The summed E-state index contributed by atoms with van der Waals surface area (Å²) in [6.45, 7) is 0. The summed E-state index contributed by atoms with van der Waals surface area (Å²) in [6.07, 6.45) is 6.93. The zero-order chi connectivity index (χ0) is 13.2. The first-order valence-electron chi connectivity index (χ1n) is 7.16. The Hall–Kier alpha value is -1.48. The maximum Gasteiger partial charge on any atom is 0.136 e. The molecule has 0 atom stereocenters. The van der Waals surface area contributed by atoms with Gasteiger partial charge in [-0.15, -0.1) is 0 Å². The summed E-state index contributed by atoms with van der Waals surface area (Å²) in [6, 6.07) is 9.60. The zero-order valence-electron chi connectivity index (χ0n) is 11.7. The third kappa shape index (κ3) is 2.35. The lowest BCUT2D eigenvalue weighted by Crippen LogP contribution is -2.39. The summed E-state index contributed by atoms with van der Waals surface area (Å²) in [4.78, 5) is 2.40. The molecule has 0 radical (unpaired) electrons. The highest BCUT2D eigenvalue weighted by Crippen LogP contribution is 2.32. The number of para-hydroxylation sites is 1. The van der Waals surface area contributed by atoms with Gasteiger partial charge in [0.25, 0.3) is 0 Å². The van der Waals surface area contributed by atoms with Crippen molar-refractivity contribution < 1.29 is 4.42 Å². The van der Waals surface area contributed by atoms with Crippen LogP contribution in [0.4, 0.5) is 5.69 Å². The summed E-state index contributed by atoms with van der Waals surface area (Å²) in [5, 5.41) is 4.61. The zero-order valence-corrected chi connectivity index (χ0v) is 11.7. The third-order valence-corrected chi connectivity index (χ3v) is 4.49. The maximum absolute atomic E-state index is 5.65. The number of hydrogen-bond donors (Lipinski definition) is 1. The Morgan fingerprint density at radius 1 is 1.16 bits per heavy atom. The molecule has 0 amide bonds. The second-order valence-corrected chi connectivity index (χ2v) is 5.52. The highest BCUT2D eigenvalue weighted by molar-refractivity contribution is 5.90.